The van der Waals surface area contributed by atoms with Gasteiger partial charge in [0.1, 0.15) is 11.4 Å². The van der Waals surface area contributed by atoms with E-state index in [9.17, 15) is 18.0 Å². The first kappa shape index (κ1) is 19.5. The highest BCUT2D eigenvalue weighted by Gasteiger charge is 2.31. The number of nitrogens with zero attached hydrogens (tertiary/aromatic N) is 1. The number of aromatic nitrogens is 1. The summed E-state index contributed by atoms with van der Waals surface area (Å²) in [6.07, 6.45) is -2.89. The van der Waals surface area contributed by atoms with E-state index >= 15 is 0 Å². The first-order chi connectivity index (χ1) is 13.2. The second-order valence-corrected chi connectivity index (χ2v) is 6.39. The number of alkyl halides is 3. The number of nitrogens with one attached hydrogen (secondary N) is 1. The van der Waals surface area contributed by atoms with Gasteiger partial charge in [0.2, 0.25) is 0 Å². The number of carbonyl (C=O) groups is 1. The summed E-state index contributed by atoms with van der Waals surface area (Å²) in [5.41, 5.74) is 3.70. The molecule has 3 aromatic rings. The van der Waals surface area contributed by atoms with Gasteiger partial charge in [-0.2, -0.15) is 0 Å². The summed E-state index contributed by atoms with van der Waals surface area (Å²) >= 11 is 0. The van der Waals surface area contributed by atoms with Crippen LogP contribution in [0.4, 0.5) is 13.2 Å². The van der Waals surface area contributed by atoms with Crippen LogP contribution in [0.1, 0.15) is 21.6 Å². The van der Waals surface area contributed by atoms with E-state index in [-0.39, 0.29) is 18.2 Å². The van der Waals surface area contributed by atoms with Crippen LogP contribution in [0.15, 0.2) is 60.8 Å². The number of hydrogen-bond acceptors (Lipinski definition) is 2. The molecule has 0 saturated carbocycles. The maximum absolute atomic E-state index is 12.8. The Morgan fingerprint density at radius 1 is 1.11 bits per heavy atom. The van der Waals surface area contributed by atoms with Crippen molar-refractivity contribution in [2.75, 3.05) is 0 Å². The van der Waals surface area contributed by atoms with E-state index < -0.39 is 6.36 Å². The number of amides is 1. The van der Waals surface area contributed by atoms with Crippen molar-refractivity contribution in [3.63, 3.8) is 0 Å². The minimum atomic E-state index is -4.76. The van der Waals surface area contributed by atoms with Crippen LogP contribution < -0.4 is 10.1 Å². The van der Waals surface area contributed by atoms with E-state index in [0.717, 1.165) is 16.7 Å². The normalized spacial score (nSPS) is 11.3. The molecule has 0 aliphatic heterocycles. The van der Waals surface area contributed by atoms with E-state index in [1.54, 1.807) is 17.7 Å². The molecule has 0 radical (unpaired) electrons. The minimum Gasteiger partial charge on any atom is -0.406 e. The third kappa shape index (κ3) is 4.54. The van der Waals surface area contributed by atoms with Gasteiger partial charge in [-0.1, -0.05) is 42.5 Å². The fourth-order valence-electron chi connectivity index (χ4n) is 3.14. The molecule has 0 aliphatic rings. The third-order valence-electron chi connectivity index (χ3n) is 4.23. The summed E-state index contributed by atoms with van der Waals surface area (Å²) in [6, 6.07) is 15.1. The average molecular weight is 388 g/mol. The monoisotopic (exact) mass is 388 g/mol. The quantitative estimate of drug-likeness (QED) is 0.680. The number of hydrogen-bond donors (Lipinski definition) is 1. The number of aryl methyl sites for hydroxylation is 2. The van der Waals surface area contributed by atoms with E-state index in [2.05, 4.69) is 10.1 Å². The zero-order chi connectivity index (χ0) is 20.3. The first-order valence-electron chi connectivity index (χ1n) is 8.59. The molecular formula is C21H19F3N2O2. The molecule has 1 amide bonds. The molecule has 28 heavy (non-hydrogen) atoms. The molecule has 0 unspecified atom stereocenters. The fraction of sp³-hybridized carbons (Fsp3) is 0.190. The maximum Gasteiger partial charge on any atom is 0.573 e. The highest BCUT2D eigenvalue weighted by atomic mass is 19.4. The minimum absolute atomic E-state index is 0.0757. The SMILES string of the molecule is Cc1cn(C)c(C(=O)NCc2cccc(OC(F)(F)F)c2)c1-c1ccccc1. The van der Waals surface area contributed by atoms with Crippen LogP contribution in [0, 0.1) is 6.92 Å². The van der Waals surface area contributed by atoms with Crippen molar-refractivity contribution in [1.29, 1.82) is 0 Å². The predicted molar refractivity (Wildman–Crippen MR) is 99.9 cm³/mol. The second-order valence-electron chi connectivity index (χ2n) is 6.39. The van der Waals surface area contributed by atoms with Crippen molar-refractivity contribution in [3.05, 3.63) is 77.6 Å². The Morgan fingerprint density at radius 2 is 1.82 bits per heavy atom. The Balaban J connectivity index is 1.79. The second kappa shape index (κ2) is 7.80. The molecule has 3 rings (SSSR count). The van der Waals surface area contributed by atoms with Crippen molar-refractivity contribution in [2.24, 2.45) is 7.05 Å². The molecule has 0 saturated heterocycles. The topological polar surface area (TPSA) is 43.3 Å². The Morgan fingerprint density at radius 3 is 2.50 bits per heavy atom. The van der Waals surface area contributed by atoms with Crippen LogP contribution in [-0.4, -0.2) is 16.8 Å². The molecule has 2 aromatic carbocycles. The molecule has 1 heterocycles. The smallest absolute Gasteiger partial charge is 0.406 e. The Hall–Kier alpha value is -3.22. The summed E-state index contributed by atoms with van der Waals surface area (Å²) in [7, 11) is 1.78. The molecule has 146 valence electrons. The Labute approximate surface area is 160 Å². The lowest BCUT2D eigenvalue weighted by Crippen LogP contribution is -2.25. The van der Waals surface area contributed by atoms with Gasteiger partial charge in [0, 0.05) is 25.4 Å². The lowest BCUT2D eigenvalue weighted by molar-refractivity contribution is -0.274. The van der Waals surface area contributed by atoms with E-state index in [4.69, 9.17) is 0 Å². The van der Waals surface area contributed by atoms with Crippen LogP contribution in [0.2, 0.25) is 0 Å². The van der Waals surface area contributed by atoms with Crippen LogP contribution in [0.5, 0.6) is 5.75 Å². The van der Waals surface area contributed by atoms with Crippen molar-refractivity contribution < 1.29 is 22.7 Å². The maximum atomic E-state index is 12.8. The van der Waals surface area contributed by atoms with Gasteiger partial charge in [-0.25, -0.2) is 0 Å². The summed E-state index contributed by atoms with van der Waals surface area (Å²) < 4.78 is 42.8. The van der Waals surface area contributed by atoms with Gasteiger partial charge in [-0.05, 0) is 35.7 Å². The van der Waals surface area contributed by atoms with E-state index in [1.807, 2.05) is 43.5 Å². The Kier molecular flexibility index (Phi) is 5.44. The van der Waals surface area contributed by atoms with Crippen LogP contribution in [0.3, 0.4) is 0 Å². The van der Waals surface area contributed by atoms with Gasteiger partial charge < -0.3 is 14.6 Å². The molecule has 1 aromatic heterocycles. The largest absolute Gasteiger partial charge is 0.573 e. The van der Waals surface area contributed by atoms with Crippen LogP contribution in [0.25, 0.3) is 11.1 Å². The van der Waals surface area contributed by atoms with Gasteiger partial charge in [0.25, 0.3) is 5.91 Å². The lowest BCUT2D eigenvalue weighted by atomic mass is 10.0. The summed E-state index contributed by atoms with van der Waals surface area (Å²) in [6.45, 7) is 2.00. The highest BCUT2D eigenvalue weighted by molar-refractivity contribution is 6.00. The first-order valence-corrected chi connectivity index (χ1v) is 8.59. The van der Waals surface area contributed by atoms with Gasteiger partial charge in [0.15, 0.2) is 0 Å². The molecule has 0 bridgehead atoms. The molecule has 4 nitrogen and oxygen atoms in total. The fourth-order valence-corrected chi connectivity index (χ4v) is 3.14. The predicted octanol–water partition coefficient (Wildman–Crippen LogP) is 4.83. The van der Waals surface area contributed by atoms with Crippen molar-refractivity contribution in [3.8, 4) is 16.9 Å². The van der Waals surface area contributed by atoms with Gasteiger partial charge in [0.05, 0.1) is 0 Å². The molecule has 0 aliphatic carbocycles. The number of rotatable bonds is 5. The zero-order valence-electron chi connectivity index (χ0n) is 15.4. The van der Waals surface area contributed by atoms with Crippen molar-refractivity contribution in [1.82, 2.24) is 9.88 Å². The molecule has 0 fully saturated rings. The van der Waals surface area contributed by atoms with E-state index in [1.165, 1.54) is 18.2 Å². The summed E-state index contributed by atoms with van der Waals surface area (Å²) in [5.74, 6) is -0.629. The molecule has 0 atom stereocenters. The number of benzene rings is 2. The number of carbonyl (C=O) groups excluding carboxylic acids is 1. The summed E-state index contributed by atoms with van der Waals surface area (Å²) in [4.78, 5) is 12.8. The molecule has 1 N–H and O–H groups in total. The van der Waals surface area contributed by atoms with E-state index in [0.29, 0.717) is 11.3 Å². The van der Waals surface area contributed by atoms with Crippen LogP contribution in [-0.2, 0) is 13.6 Å². The van der Waals surface area contributed by atoms with Crippen LogP contribution >= 0.6 is 0 Å². The number of ether oxygens (including phenoxy) is 1. The molecular weight excluding hydrogens is 369 g/mol. The van der Waals surface area contributed by atoms with Crippen molar-refractivity contribution >= 4 is 5.91 Å². The highest BCUT2D eigenvalue weighted by Crippen LogP contribution is 2.29. The van der Waals surface area contributed by atoms with Crippen molar-refractivity contribution in [2.45, 2.75) is 19.8 Å². The molecule has 0 spiro atoms. The van der Waals surface area contributed by atoms with Gasteiger partial charge in [-0.15, -0.1) is 13.2 Å². The zero-order valence-corrected chi connectivity index (χ0v) is 15.4. The number of halogens is 3. The average Bonchev–Trinajstić information content (AvgIpc) is 2.93. The summed E-state index contributed by atoms with van der Waals surface area (Å²) in [5, 5.41) is 2.77. The lowest BCUT2D eigenvalue weighted by Gasteiger charge is -2.12. The van der Waals surface area contributed by atoms with Gasteiger partial charge in [-0.3, -0.25) is 4.79 Å². The van der Waals surface area contributed by atoms with Gasteiger partial charge >= 0.3 is 6.36 Å². The molecule has 7 heteroatoms. The standard InChI is InChI=1S/C21H19F3N2O2/c1-14-13-26(2)19(18(14)16-8-4-3-5-9-16)20(27)25-12-15-7-6-10-17(11-15)28-21(22,23)24/h3-11,13H,12H2,1-2H3,(H,25,27). The Bertz CT molecular complexity index is 979. The third-order valence-corrected chi connectivity index (χ3v) is 4.23.